The number of aliphatic hydroxyl groups excluding tert-OH is 1. The largest absolute Gasteiger partial charge is 0.386 e. The van der Waals surface area contributed by atoms with Crippen LogP contribution >= 0.6 is 0 Å². The molecule has 0 bridgehead atoms. The number of aliphatic hydroxyl groups is 1. The van der Waals surface area contributed by atoms with E-state index in [0.717, 1.165) is 12.1 Å². The highest BCUT2D eigenvalue weighted by Crippen LogP contribution is 2.16. The second kappa shape index (κ2) is 9.24. The third-order valence-electron chi connectivity index (χ3n) is 3.82. The Morgan fingerprint density at radius 2 is 1.69 bits per heavy atom. The van der Waals surface area contributed by atoms with E-state index in [1.807, 2.05) is 6.92 Å². The van der Waals surface area contributed by atoms with E-state index in [4.69, 9.17) is 0 Å². The van der Waals surface area contributed by atoms with Gasteiger partial charge in [-0.2, -0.15) is 0 Å². The van der Waals surface area contributed by atoms with E-state index in [9.17, 15) is 18.3 Å². The van der Waals surface area contributed by atoms with E-state index < -0.39 is 17.7 Å². The monoisotopic (exact) mass is 365 g/mol. The van der Waals surface area contributed by atoms with E-state index >= 15 is 0 Å². The first-order chi connectivity index (χ1) is 12.4. The average molecular weight is 365 g/mol. The molecule has 2 rings (SSSR count). The van der Waals surface area contributed by atoms with Gasteiger partial charge in [0.15, 0.2) is 17.6 Å². The zero-order chi connectivity index (χ0) is 19.1. The van der Waals surface area contributed by atoms with Gasteiger partial charge in [0.2, 0.25) is 0 Å². The molecule has 0 spiro atoms. The molecule has 3 N–H and O–H groups in total. The summed E-state index contributed by atoms with van der Waals surface area (Å²) in [6.45, 7) is 4.32. The Balaban J connectivity index is 2.05. The number of nitrogens with one attached hydrogen (secondary N) is 2. The molecular formula is C19H22F3N3O. The molecule has 7 heteroatoms. The van der Waals surface area contributed by atoms with Crippen LogP contribution in [0.15, 0.2) is 47.5 Å². The van der Waals surface area contributed by atoms with E-state index in [2.05, 4.69) is 15.6 Å². The highest BCUT2D eigenvalue weighted by atomic mass is 19.2. The van der Waals surface area contributed by atoms with Crippen LogP contribution in [0.2, 0.25) is 0 Å². The molecule has 4 nitrogen and oxygen atoms in total. The van der Waals surface area contributed by atoms with Crippen LogP contribution in [0.25, 0.3) is 0 Å². The van der Waals surface area contributed by atoms with Crippen molar-refractivity contribution in [3.05, 3.63) is 71.0 Å². The average Bonchev–Trinajstić information content (AvgIpc) is 2.62. The summed E-state index contributed by atoms with van der Waals surface area (Å²) in [5.41, 5.74) is 1.12. The second-order valence-electron chi connectivity index (χ2n) is 5.83. The van der Waals surface area contributed by atoms with Gasteiger partial charge in [0.25, 0.3) is 0 Å². The molecule has 26 heavy (non-hydrogen) atoms. The predicted molar refractivity (Wildman–Crippen MR) is 95.2 cm³/mol. The summed E-state index contributed by atoms with van der Waals surface area (Å²) in [7, 11) is 0. The third kappa shape index (κ3) is 5.49. The van der Waals surface area contributed by atoms with E-state index in [1.165, 1.54) is 30.3 Å². The lowest BCUT2D eigenvalue weighted by molar-refractivity contribution is 0.187. The van der Waals surface area contributed by atoms with Crippen molar-refractivity contribution in [3.8, 4) is 0 Å². The van der Waals surface area contributed by atoms with Gasteiger partial charge in [0.05, 0.1) is 18.7 Å². The van der Waals surface area contributed by atoms with Crippen molar-refractivity contribution in [3.63, 3.8) is 0 Å². The number of rotatable bonds is 6. The smallest absolute Gasteiger partial charge is 0.191 e. The number of hydrogen-bond acceptors (Lipinski definition) is 2. The summed E-state index contributed by atoms with van der Waals surface area (Å²) in [6.07, 6.45) is -0.885. The maximum Gasteiger partial charge on any atom is 0.191 e. The number of aliphatic imine (C=N–C) groups is 1. The molecule has 140 valence electrons. The van der Waals surface area contributed by atoms with E-state index in [0.29, 0.717) is 23.6 Å². The molecule has 0 aliphatic carbocycles. The Bertz CT molecular complexity index is 750. The molecule has 2 aromatic rings. The van der Waals surface area contributed by atoms with Crippen molar-refractivity contribution < 1.29 is 18.3 Å². The summed E-state index contributed by atoms with van der Waals surface area (Å²) < 4.78 is 39.4. The highest BCUT2D eigenvalue weighted by molar-refractivity contribution is 5.80. The fourth-order valence-corrected chi connectivity index (χ4v) is 2.36. The lowest BCUT2D eigenvalue weighted by Crippen LogP contribution is -2.39. The number of benzene rings is 2. The Morgan fingerprint density at radius 1 is 1.04 bits per heavy atom. The van der Waals surface area contributed by atoms with Crippen molar-refractivity contribution in [2.45, 2.75) is 26.0 Å². The molecule has 0 aliphatic rings. The van der Waals surface area contributed by atoms with Gasteiger partial charge in [-0.15, -0.1) is 0 Å². The topological polar surface area (TPSA) is 56.7 Å². The zero-order valence-corrected chi connectivity index (χ0v) is 14.6. The fourth-order valence-electron chi connectivity index (χ4n) is 2.36. The van der Waals surface area contributed by atoms with Crippen LogP contribution in [0.4, 0.5) is 13.2 Å². The van der Waals surface area contributed by atoms with Crippen LogP contribution in [-0.2, 0) is 0 Å². The Hall–Kier alpha value is -2.54. The molecule has 0 amide bonds. The van der Waals surface area contributed by atoms with Crippen molar-refractivity contribution >= 4 is 5.96 Å². The van der Waals surface area contributed by atoms with E-state index in [-0.39, 0.29) is 18.4 Å². The van der Waals surface area contributed by atoms with Gasteiger partial charge in [0.1, 0.15) is 5.82 Å². The third-order valence-corrected chi connectivity index (χ3v) is 3.82. The maximum absolute atomic E-state index is 13.4. The molecule has 0 aliphatic heterocycles. The zero-order valence-electron chi connectivity index (χ0n) is 14.6. The SMILES string of the molecule is CCNC(=NCC(O)c1ccc(F)cc1)NC(C)c1ccc(F)c(F)c1. The number of nitrogens with zero attached hydrogens (tertiary/aromatic N) is 1. The van der Waals surface area contributed by atoms with Gasteiger partial charge < -0.3 is 15.7 Å². The minimum Gasteiger partial charge on any atom is -0.386 e. The predicted octanol–water partition coefficient (Wildman–Crippen LogP) is 3.45. The summed E-state index contributed by atoms with van der Waals surface area (Å²) in [5, 5.41) is 16.3. The number of hydrogen-bond donors (Lipinski definition) is 3. The van der Waals surface area contributed by atoms with Crippen molar-refractivity contribution in [2.24, 2.45) is 4.99 Å². The first-order valence-corrected chi connectivity index (χ1v) is 8.34. The molecule has 0 saturated heterocycles. The van der Waals surface area contributed by atoms with Crippen LogP contribution < -0.4 is 10.6 Å². The summed E-state index contributed by atoms with van der Waals surface area (Å²) >= 11 is 0. The van der Waals surface area contributed by atoms with Gasteiger partial charge >= 0.3 is 0 Å². The molecule has 2 atom stereocenters. The normalized spacial score (nSPS) is 14.0. The highest BCUT2D eigenvalue weighted by Gasteiger charge is 2.12. The molecule has 2 aromatic carbocycles. The first-order valence-electron chi connectivity index (χ1n) is 8.34. The molecular weight excluding hydrogens is 343 g/mol. The lowest BCUT2D eigenvalue weighted by atomic mass is 10.1. The van der Waals surface area contributed by atoms with Crippen molar-refractivity contribution in [1.29, 1.82) is 0 Å². The van der Waals surface area contributed by atoms with Gasteiger partial charge in [-0.1, -0.05) is 18.2 Å². The maximum atomic E-state index is 13.4. The molecule has 0 aromatic heterocycles. The quantitative estimate of drug-likeness (QED) is 0.543. The van der Waals surface area contributed by atoms with Crippen LogP contribution in [-0.4, -0.2) is 24.2 Å². The fraction of sp³-hybridized carbons (Fsp3) is 0.316. The van der Waals surface area contributed by atoms with Gasteiger partial charge in [-0.05, 0) is 49.2 Å². The first kappa shape index (κ1) is 19.8. The Morgan fingerprint density at radius 3 is 2.31 bits per heavy atom. The van der Waals surface area contributed by atoms with Crippen LogP contribution in [0.3, 0.4) is 0 Å². The minimum atomic E-state index is -0.912. The van der Waals surface area contributed by atoms with Crippen LogP contribution in [0.1, 0.15) is 37.1 Å². The number of halogens is 3. The van der Waals surface area contributed by atoms with Gasteiger partial charge in [-0.25, -0.2) is 13.2 Å². The summed E-state index contributed by atoms with van der Waals surface area (Å²) in [5.74, 6) is -1.76. The standard InChI is InChI=1S/C19H22F3N3O/c1-3-23-19(24-11-18(26)13-4-7-15(20)8-5-13)25-12(2)14-6-9-16(21)17(22)10-14/h4-10,12,18,26H,3,11H2,1-2H3,(H2,23,24,25). The Labute approximate surface area is 150 Å². The van der Waals surface area contributed by atoms with Crippen LogP contribution in [0, 0.1) is 17.5 Å². The lowest BCUT2D eigenvalue weighted by Gasteiger charge is -2.19. The van der Waals surface area contributed by atoms with Gasteiger partial charge in [-0.3, -0.25) is 4.99 Å². The number of guanidine groups is 1. The molecule has 0 heterocycles. The second-order valence-corrected chi connectivity index (χ2v) is 5.83. The molecule has 2 unspecified atom stereocenters. The van der Waals surface area contributed by atoms with E-state index in [1.54, 1.807) is 6.92 Å². The van der Waals surface area contributed by atoms with Crippen molar-refractivity contribution in [2.75, 3.05) is 13.1 Å². The summed E-state index contributed by atoms with van der Waals surface area (Å²) in [6, 6.07) is 8.92. The van der Waals surface area contributed by atoms with Crippen LogP contribution in [0.5, 0.6) is 0 Å². The van der Waals surface area contributed by atoms with Crippen molar-refractivity contribution in [1.82, 2.24) is 10.6 Å². The molecule has 0 saturated carbocycles. The molecule has 0 radical (unpaired) electrons. The minimum absolute atomic E-state index is 0.0610. The summed E-state index contributed by atoms with van der Waals surface area (Å²) in [4.78, 5) is 4.30. The molecule has 0 fully saturated rings. The Kier molecular flexibility index (Phi) is 7.03. The van der Waals surface area contributed by atoms with Gasteiger partial charge in [0, 0.05) is 6.54 Å².